The van der Waals surface area contributed by atoms with Gasteiger partial charge in [-0.3, -0.25) is 10.6 Å². The molecule has 11 heavy (non-hydrogen) atoms. The van der Waals surface area contributed by atoms with Gasteiger partial charge in [0.15, 0.2) is 0 Å². The van der Waals surface area contributed by atoms with E-state index in [1.807, 2.05) is 0 Å². The van der Waals surface area contributed by atoms with Crippen LogP contribution < -0.4 is 10.6 Å². The molecule has 1 unspecified atom stereocenters. The predicted octanol–water partition coefficient (Wildman–Crippen LogP) is 1.02. The first kappa shape index (κ1) is 8.97. The zero-order valence-corrected chi connectivity index (χ0v) is 7.23. The molecule has 3 heteroatoms. The quantitative estimate of drug-likeness (QED) is 0.599. The van der Waals surface area contributed by atoms with E-state index in [0.717, 1.165) is 13.1 Å². The molecule has 1 aliphatic rings. The molecule has 1 heterocycles. The molecule has 0 bridgehead atoms. The summed E-state index contributed by atoms with van der Waals surface area (Å²) in [4.78, 5) is 0. The van der Waals surface area contributed by atoms with E-state index in [4.69, 9.17) is 4.74 Å². The Morgan fingerprint density at radius 1 is 1.45 bits per heavy atom. The summed E-state index contributed by atoms with van der Waals surface area (Å²) in [6.07, 6.45) is 5.31. The molecule has 0 saturated carbocycles. The SMILES string of the molecule is CCCCCC1NCNCO1. The number of hydrogen-bond acceptors (Lipinski definition) is 3. The fourth-order valence-electron chi connectivity index (χ4n) is 1.22. The molecular weight excluding hydrogens is 140 g/mol. The third-order valence-electron chi connectivity index (χ3n) is 1.91. The number of rotatable bonds is 4. The molecule has 0 radical (unpaired) electrons. The van der Waals surface area contributed by atoms with Crippen LogP contribution in [-0.2, 0) is 4.74 Å². The highest BCUT2D eigenvalue weighted by Crippen LogP contribution is 2.04. The fraction of sp³-hybridized carbons (Fsp3) is 1.00. The second-order valence-corrected chi connectivity index (χ2v) is 2.93. The lowest BCUT2D eigenvalue weighted by molar-refractivity contribution is -0.0206. The first-order valence-electron chi connectivity index (χ1n) is 4.49. The van der Waals surface area contributed by atoms with E-state index < -0.39 is 0 Å². The maximum absolute atomic E-state index is 5.40. The third-order valence-corrected chi connectivity index (χ3v) is 1.91. The average Bonchev–Trinajstić information content (AvgIpc) is 2.07. The Kier molecular flexibility index (Phi) is 4.50. The second-order valence-electron chi connectivity index (χ2n) is 2.93. The van der Waals surface area contributed by atoms with Crippen molar-refractivity contribution in [3.63, 3.8) is 0 Å². The lowest BCUT2D eigenvalue weighted by Crippen LogP contribution is -2.46. The highest BCUT2D eigenvalue weighted by molar-refractivity contribution is 4.58. The minimum atomic E-state index is 0.294. The highest BCUT2D eigenvalue weighted by Gasteiger charge is 2.10. The smallest absolute Gasteiger partial charge is 0.110 e. The van der Waals surface area contributed by atoms with Crippen molar-refractivity contribution in [3.8, 4) is 0 Å². The van der Waals surface area contributed by atoms with E-state index in [0.29, 0.717) is 13.0 Å². The Hall–Kier alpha value is -0.120. The van der Waals surface area contributed by atoms with Crippen LogP contribution in [0.15, 0.2) is 0 Å². The molecule has 0 aromatic carbocycles. The number of hydrogen-bond donors (Lipinski definition) is 2. The van der Waals surface area contributed by atoms with Gasteiger partial charge >= 0.3 is 0 Å². The van der Waals surface area contributed by atoms with Crippen molar-refractivity contribution in [1.29, 1.82) is 0 Å². The van der Waals surface area contributed by atoms with Crippen LogP contribution in [-0.4, -0.2) is 19.6 Å². The molecule has 1 atom stereocenters. The topological polar surface area (TPSA) is 33.3 Å². The molecule has 3 nitrogen and oxygen atoms in total. The van der Waals surface area contributed by atoms with Crippen LogP contribution in [0.3, 0.4) is 0 Å². The number of unbranched alkanes of at least 4 members (excludes halogenated alkanes) is 2. The Bertz CT molecular complexity index is 92.1. The zero-order chi connectivity index (χ0) is 7.94. The molecule has 66 valence electrons. The van der Waals surface area contributed by atoms with Gasteiger partial charge in [0.2, 0.25) is 0 Å². The largest absolute Gasteiger partial charge is 0.348 e. The first-order valence-corrected chi connectivity index (χ1v) is 4.49. The fourth-order valence-corrected chi connectivity index (χ4v) is 1.22. The summed E-state index contributed by atoms with van der Waals surface area (Å²) in [5.74, 6) is 0. The van der Waals surface area contributed by atoms with Crippen LogP contribution in [0.1, 0.15) is 32.6 Å². The summed E-state index contributed by atoms with van der Waals surface area (Å²) in [7, 11) is 0. The van der Waals surface area contributed by atoms with Crippen LogP contribution in [0, 0.1) is 0 Å². The first-order chi connectivity index (χ1) is 5.43. The summed E-state index contributed by atoms with van der Waals surface area (Å²) in [5.41, 5.74) is 0. The maximum Gasteiger partial charge on any atom is 0.110 e. The summed E-state index contributed by atoms with van der Waals surface area (Å²) in [6.45, 7) is 3.80. The van der Waals surface area contributed by atoms with Gasteiger partial charge in [0.05, 0.1) is 6.73 Å². The Balaban J connectivity index is 1.96. The van der Waals surface area contributed by atoms with Crippen molar-refractivity contribution in [3.05, 3.63) is 0 Å². The van der Waals surface area contributed by atoms with E-state index >= 15 is 0 Å². The van der Waals surface area contributed by atoms with Crippen LogP contribution in [0.25, 0.3) is 0 Å². The van der Waals surface area contributed by atoms with Crippen molar-refractivity contribution in [2.24, 2.45) is 0 Å². The number of ether oxygens (including phenoxy) is 1. The third kappa shape index (κ3) is 3.70. The normalized spacial score (nSPS) is 25.4. The maximum atomic E-state index is 5.40. The summed E-state index contributed by atoms with van der Waals surface area (Å²) in [6, 6.07) is 0. The lowest BCUT2D eigenvalue weighted by Gasteiger charge is -2.24. The van der Waals surface area contributed by atoms with Gasteiger partial charge in [-0.05, 0) is 12.8 Å². The van der Waals surface area contributed by atoms with Crippen molar-refractivity contribution < 1.29 is 4.74 Å². The van der Waals surface area contributed by atoms with Gasteiger partial charge in [-0.15, -0.1) is 0 Å². The lowest BCUT2D eigenvalue weighted by atomic mass is 10.2. The van der Waals surface area contributed by atoms with Gasteiger partial charge in [-0.25, -0.2) is 0 Å². The van der Waals surface area contributed by atoms with Crippen LogP contribution in [0.5, 0.6) is 0 Å². The Labute approximate surface area is 68.5 Å². The van der Waals surface area contributed by atoms with E-state index in [2.05, 4.69) is 17.6 Å². The minimum Gasteiger partial charge on any atom is -0.348 e. The minimum absolute atomic E-state index is 0.294. The molecule has 0 spiro atoms. The molecular formula is C8H18N2O. The molecule has 1 rings (SSSR count). The second kappa shape index (κ2) is 5.52. The van der Waals surface area contributed by atoms with Crippen LogP contribution in [0.2, 0.25) is 0 Å². The molecule has 1 aliphatic heterocycles. The van der Waals surface area contributed by atoms with Gasteiger partial charge < -0.3 is 4.74 Å². The Morgan fingerprint density at radius 3 is 3.00 bits per heavy atom. The molecule has 0 aliphatic carbocycles. The van der Waals surface area contributed by atoms with Gasteiger partial charge in [0, 0.05) is 6.67 Å². The summed E-state index contributed by atoms with van der Waals surface area (Å²) >= 11 is 0. The van der Waals surface area contributed by atoms with E-state index in [9.17, 15) is 0 Å². The predicted molar refractivity (Wildman–Crippen MR) is 45.0 cm³/mol. The molecule has 1 saturated heterocycles. The van der Waals surface area contributed by atoms with Crippen molar-refractivity contribution >= 4 is 0 Å². The van der Waals surface area contributed by atoms with E-state index in [-0.39, 0.29) is 0 Å². The van der Waals surface area contributed by atoms with E-state index in [1.165, 1.54) is 19.3 Å². The van der Waals surface area contributed by atoms with Gasteiger partial charge in [0.25, 0.3) is 0 Å². The standard InChI is InChI=1S/C8H18N2O/c1-2-3-4-5-8-10-6-9-7-11-8/h8-10H,2-7H2,1H3. The molecule has 0 aromatic heterocycles. The van der Waals surface area contributed by atoms with Crippen molar-refractivity contribution in [1.82, 2.24) is 10.6 Å². The van der Waals surface area contributed by atoms with Gasteiger partial charge in [-0.2, -0.15) is 0 Å². The molecule has 0 amide bonds. The van der Waals surface area contributed by atoms with Crippen molar-refractivity contribution in [2.75, 3.05) is 13.4 Å². The van der Waals surface area contributed by atoms with Crippen LogP contribution in [0.4, 0.5) is 0 Å². The van der Waals surface area contributed by atoms with Crippen LogP contribution >= 0.6 is 0 Å². The van der Waals surface area contributed by atoms with Gasteiger partial charge in [-0.1, -0.05) is 19.8 Å². The summed E-state index contributed by atoms with van der Waals surface area (Å²) in [5, 5.41) is 6.32. The average molecular weight is 158 g/mol. The Morgan fingerprint density at radius 2 is 2.36 bits per heavy atom. The van der Waals surface area contributed by atoms with Crippen molar-refractivity contribution in [2.45, 2.75) is 38.8 Å². The number of nitrogens with one attached hydrogen (secondary N) is 2. The van der Waals surface area contributed by atoms with Gasteiger partial charge in [0.1, 0.15) is 6.23 Å². The highest BCUT2D eigenvalue weighted by atomic mass is 16.5. The molecule has 0 aromatic rings. The summed E-state index contributed by atoms with van der Waals surface area (Å²) < 4.78 is 5.40. The molecule has 2 N–H and O–H groups in total. The monoisotopic (exact) mass is 158 g/mol. The van der Waals surface area contributed by atoms with E-state index in [1.54, 1.807) is 0 Å². The molecule has 1 fully saturated rings. The zero-order valence-electron chi connectivity index (χ0n) is 7.23.